The van der Waals surface area contributed by atoms with Crippen LogP contribution in [-0.4, -0.2) is 60.5 Å². The molecule has 94 valence electrons. The van der Waals surface area contributed by atoms with Gasteiger partial charge in [0.15, 0.2) is 6.04 Å². The number of aliphatic carboxylic acids is 1. The zero-order chi connectivity index (χ0) is 12.8. The van der Waals surface area contributed by atoms with Gasteiger partial charge >= 0.3 is 5.97 Å². The van der Waals surface area contributed by atoms with Gasteiger partial charge in [-0.2, -0.15) is 0 Å². The predicted molar refractivity (Wildman–Crippen MR) is 60.1 cm³/mol. The first kappa shape index (κ1) is 14.7. The molecule has 0 spiro atoms. The van der Waals surface area contributed by atoms with Crippen LogP contribution in [0.5, 0.6) is 0 Å². The van der Waals surface area contributed by atoms with Gasteiger partial charge in [0.05, 0.1) is 21.1 Å². The molecule has 0 aliphatic heterocycles. The highest BCUT2D eigenvalue weighted by molar-refractivity contribution is 5.76. The average molecular weight is 233 g/mol. The number of aliphatic imine (C=N–C) groups is 1. The zero-order valence-corrected chi connectivity index (χ0v) is 9.97. The lowest BCUT2D eigenvalue weighted by atomic mass is 10.1. The Hall–Kier alpha value is -1.34. The fourth-order valence-corrected chi connectivity index (χ4v) is 1.36. The largest absolute Gasteiger partial charge is 0.477 e. The number of nitrogens with two attached hydrogens (primary N) is 1. The highest BCUT2D eigenvalue weighted by atomic mass is 16.5. The van der Waals surface area contributed by atoms with E-state index in [1.165, 1.54) is 0 Å². The van der Waals surface area contributed by atoms with E-state index in [-0.39, 0.29) is 5.96 Å². The van der Waals surface area contributed by atoms with E-state index in [9.17, 15) is 4.79 Å². The average Bonchev–Trinajstić information content (AvgIpc) is 2.14. The molecule has 0 aromatic heterocycles. The highest BCUT2D eigenvalue weighted by Gasteiger charge is 2.30. The Morgan fingerprint density at radius 1 is 1.50 bits per heavy atom. The van der Waals surface area contributed by atoms with E-state index in [1.807, 2.05) is 21.1 Å². The Labute approximate surface area is 95.1 Å². The number of likely N-dealkylation sites (N-methyl/N-ethyl adjacent to an activating group) is 1. The molecule has 0 unspecified atom stereocenters. The smallest absolute Gasteiger partial charge is 0.362 e. The molecular formula is C9H21N4O3+. The number of carboxylic acids is 1. The van der Waals surface area contributed by atoms with Crippen molar-refractivity contribution in [3.63, 3.8) is 0 Å². The maximum Gasteiger partial charge on any atom is 0.362 e. The second kappa shape index (κ2) is 6.29. The maximum atomic E-state index is 11.0. The van der Waals surface area contributed by atoms with E-state index >= 15 is 0 Å². The maximum absolute atomic E-state index is 11.0. The summed E-state index contributed by atoms with van der Waals surface area (Å²) in [5.74, 6) is -0.873. The van der Waals surface area contributed by atoms with Crippen LogP contribution in [0, 0.1) is 0 Å². The van der Waals surface area contributed by atoms with E-state index in [0.717, 1.165) is 0 Å². The first-order valence-electron chi connectivity index (χ1n) is 5.03. The summed E-state index contributed by atoms with van der Waals surface area (Å²) in [7, 11) is 5.52. The third-order valence-electron chi connectivity index (χ3n) is 2.25. The number of nitrogens with zero attached hydrogens (tertiary/aromatic N) is 2. The molecule has 0 aliphatic carbocycles. The van der Waals surface area contributed by atoms with Crippen molar-refractivity contribution in [2.24, 2.45) is 10.7 Å². The Morgan fingerprint density at radius 3 is 2.44 bits per heavy atom. The zero-order valence-electron chi connectivity index (χ0n) is 9.97. The van der Waals surface area contributed by atoms with Crippen LogP contribution in [0.4, 0.5) is 0 Å². The number of hydroxylamine groups is 1. The summed E-state index contributed by atoms with van der Waals surface area (Å²) in [5.41, 5.74) is 6.92. The molecule has 0 amide bonds. The second-order valence-electron chi connectivity index (χ2n) is 4.49. The molecule has 0 aromatic carbocycles. The van der Waals surface area contributed by atoms with Crippen molar-refractivity contribution in [3.8, 4) is 0 Å². The molecule has 0 saturated carbocycles. The molecular weight excluding hydrogens is 212 g/mol. The Balaban J connectivity index is 4.11. The minimum atomic E-state index is -0.815. The summed E-state index contributed by atoms with van der Waals surface area (Å²) in [5, 5.41) is 17.4. The summed E-state index contributed by atoms with van der Waals surface area (Å²) in [6.07, 6.45) is 1.12. The molecule has 0 saturated heterocycles. The van der Waals surface area contributed by atoms with Gasteiger partial charge in [-0.15, -0.1) is 0 Å². The topological polar surface area (TPSA) is 108 Å². The normalized spacial score (nSPS) is 14.6. The molecule has 1 atom stereocenters. The van der Waals surface area contributed by atoms with Crippen LogP contribution in [-0.2, 0) is 4.79 Å². The monoisotopic (exact) mass is 233 g/mol. The van der Waals surface area contributed by atoms with Gasteiger partial charge in [-0.3, -0.25) is 10.2 Å². The lowest BCUT2D eigenvalue weighted by molar-refractivity contribution is -0.887. The molecule has 0 fully saturated rings. The van der Waals surface area contributed by atoms with Crippen LogP contribution < -0.4 is 11.2 Å². The molecule has 0 bridgehead atoms. The fourth-order valence-electron chi connectivity index (χ4n) is 1.36. The third kappa shape index (κ3) is 5.52. The minimum Gasteiger partial charge on any atom is -0.477 e. The number of rotatable bonds is 6. The Morgan fingerprint density at radius 2 is 2.06 bits per heavy atom. The number of quaternary nitrogens is 1. The van der Waals surface area contributed by atoms with Gasteiger partial charge in [-0.25, -0.2) is 10.3 Å². The first-order chi connectivity index (χ1) is 7.29. The molecule has 0 rings (SSSR count). The first-order valence-corrected chi connectivity index (χ1v) is 5.03. The van der Waals surface area contributed by atoms with Crippen LogP contribution in [0.25, 0.3) is 0 Å². The number of guanidine groups is 1. The van der Waals surface area contributed by atoms with Crippen LogP contribution in [0.1, 0.15) is 12.8 Å². The van der Waals surface area contributed by atoms with Crippen molar-refractivity contribution < 1.29 is 19.6 Å². The summed E-state index contributed by atoms with van der Waals surface area (Å²) in [4.78, 5) is 14.8. The van der Waals surface area contributed by atoms with Crippen molar-refractivity contribution in [3.05, 3.63) is 0 Å². The quantitative estimate of drug-likeness (QED) is 0.158. The summed E-state index contributed by atoms with van der Waals surface area (Å²) in [6, 6.07) is -0.460. The van der Waals surface area contributed by atoms with Gasteiger partial charge in [0.2, 0.25) is 5.96 Å². The fraction of sp³-hybridized carbons (Fsp3) is 0.778. The number of hydrogen-bond donors (Lipinski definition) is 4. The summed E-state index contributed by atoms with van der Waals surface area (Å²) >= 11 is 0. The van der Waals surface area contributed by atoms with Crippen LogP contribution in [0.2, 0.25) is 0 Å². The van der Waals surface area contributed by atoms with Crippen LogP contribution in [0.15, 0.2) is 4.99 Å². The summed E-state index contributed by atoms with van der Waals surface area (Å²) in [6.45, 7) is 0.392. The van der Waals surface area contributed by atoms with Crippen molar-refractivity contribution in [2.75, 3.05) is 27.7 Å². The lowest BCUT2D eigenvalue weighted by Crippen LogP contribution is -2.49. The van der Waals surface area contributed by atoms with E-state index in [1.54, 1.807) is 5.48 Å². The van der Waals surface area contributed by atoms with Crippen LogP contribution in [0.3, 0.4) is 0 Å². The van der Waals surface area contributed by atoms with Crippen molar-refractivity contribution in [1.82, 2.24) is 5.48 Å². The van der Waals surface area contributed by atoms with Gasteiger partial charge in [0.25, 0.3) is 0 Å². The molecule has 5 N–H and O–H groups in total. The van der Waals surface area contributed by atoms with Gasteiger partial charge in [-0.05, 0) is 6.42 Å². The molecule has 0 aliphatic rings. The SMILES string of the molecule is C[N+](C)(C)[C@@H](CCCN=C(N)NO)C(=O)O. The van der Waals surface area contributed by atoms with Crippen molar-refractivity contribution in [1.29, 1.82) is 0 Å². The molecule has 7 nitrogen and oxygen atoms in total. The molecule has 0 radical (unpaired) electrons. The molecule has 0 aromatic rings. The molecule has 7 heteroatoms. The van der Waals surface area contributed by atoms with E-state index < -0.39 is 12.0 Å². The number of nitrogens with one attached hydrogen (secondary N) is 1. The van der Waals surface area contributed by atoms with E-state index in [2.05, 4.69) is 4.99 Å². The highest BCUT2D eigenvalue weighted by Crippen LogP contribution is 2.10. The van der Waals surface area contributed by atoms with Gasteiger partial charge in [-0.1, -0.05) is 0 Å². The lowest BCUT2D eigenvalue weighted by Gasteiger charge is -2.30. The molecule has 16 heavy (non-hydrogen) atoms. The minimum absolute atomic E-state index is 0.0582. The Bertz CT molecular complexity index is 260. The van der Waals surface area contributed by atoms with Crippen molar-refractivity contribution in [2.45, 2.75) is 18.9 Å². The second-order valence-corrected chi connectivity index (χ2v) is 4.49. The molecule has 0 heterocycles. The number of carbonyl (C=O) groups is 1. The number of hydrogen-bond acceptors (Lipinski definition) is 3. The van der Waals surface area contributed by atoms with Gasteiger partial charge < -0.3 is 15.3 Å². The predicted octanol–water partition coefficient (Wildman–Crippen LogP) is -0.780. The van der Waals surface area contributed by atoms with Crippen molar-refractivity contribution >= 4 is 11.9 Å². The van der Waals surface area contributed by atoms with Crippen LogP contribution >= 0.6 is 0 Å². The summed E-state index contributed by atoms with van der Waals surface area (Å²) < 4.78 is 0.368. The van der Waals surface area contributed by atoms with E-state index in [0.29, 0.717) is 23.9 Å². The van der Waals surface area contributed by atoms with Gasteiger partial charge in [0.1, 0.15) is 0 Å². The third-order valence-corrected chi connectivity index (χ3v) is 2.25. The van der Waals surface area contributed by atoms with E-state index in [4.69, 9.17) is 16.0 Å². The standard InChI is InChI=1S/C9H20N4O3/c1-13(2,3)7(8(14)15)5-4-6-11-9(10)12-16/h7H,4-6H2,1-3H3,(H4-,10,11,12,14,15,16)/p+1/t7-/m0/s1. The Kier molecular flexibility index (Phi) is 5.76. The number of carboxylic acid groups (broad SMARTS) is 1. The van der Waals surface area contributed by atoms with Gasteiger partial charge in [0, 0.05) is 13.0 Å².